The number of aromatic nitrogens is 2. The Labute approximate surface area is 134 Å². The second-order valence-corrected chi connectivity index (χ2v) is 6.48. The number of halogens is 2. The quantitative estimate of drug-likeness (QED) is 0.648. The number of nitrogen functional groups attached to an aromatic ring is 1. The van der Waals surface area contributed by atoms with Crippen LogP contribution in [0.4, 0.5) is 5.82 Å². The average Bonchev–Trinajstić information content (AvgIpc) is 2.75. The fourth-order valence-corrected chi connectivity index (χ4v) is 2.85. The summed E-state index contributed by atoms with van der Waals surface area (Å²) in [6.07, 6.45) is 0. The van der Waals surface area contributed by atoms with Gasteiger partial charge in [-0.2, -0.15) is 0 Å². The van der Waals surface area contributed by atoms with Crippen molar-refractivity contribution in [1.29, 1.82) is 0 Å². The number of imidazole rings is 1. The van der Waals surface area contributed by atoms with Gasteiger partial charge < -0.3 is 5.73 Å². The van der Waals surface area contributed by atoms with Crippen molar-refractivity contribution in [3.05, 3.63) is 50.5 Å². The van der Waals surface area contributed by atoms with E-state index in [-0.39, 0.29) is 0 Å². The van der Waals surface area contributed by atoms with E-state index in [2.05, 4.69) is 49.8 Å². The van der Waals surface area contributed by atoms with Crippen molar-refractivity contribution in [3.8, 4) is 11.3 Å². The molecule has 0 aliphatic heterocycles. The lowest BCUT2D eigenvalue weighted by atomic mass is 10.1. The number of rotatable bonds is 1. The molecule has 2 N–H and O–H groups in total. The number of nitrogens with zero attached hydrogens (tertiary/aromatic N) is 2. The summed E-state index contributed by atoms with van der Waals surface area (Å²) in [5.41, 5.74) is 11.2. The van der Waals surface area contributed by atoms with Gasteiger partial charge >= 0.3 is 0 Å². The molecule has 0 bridgehead atoms. The molecule has 0 saturated heterocycles. The van der Waals surface area contributed by atoms with Gasteiger partial charge in [0.1, 0.15) is 17.2 Å². The van der Waals surface area contributed by atoms with Crippen LogP contribution in [0.2, 0.25) is 0 Å². The Hall–Kier alpha value is -1.33. The van der Waals surface area contributed by atoms with E-state index in [1.807, 2.05) is 35.6 Å². The molecule has 0 radical (unpaired) electrons. The first-order valence-corrected chi connectivity index (χ1v) is 7.77. The van der Waals surface area contributed by atoms with E-state index in [4.69, 9.17) is 5.73 Å². The van der Waals surface area contributed by atoms with E-state index in [1.165, 1.54) is 0 Å². The van der Waals surface area contributed by atoms with Crippen LogP contribution in [0.5, 0.6) is 0 Å². The molecule has 0 fully saturated rings. The zero-order chi connectivity index (χ0) is 14.4. The van der Waals surface area contributed by atoms with Gasteiger partial charge in [-0.3, -0.25) is 4.40 Å². The van der Waals surface area contributed by atoms with Gasteiger partial charge in [0.05, 0.1) is 0 Å². The first-order chi connectivity index (χ1) is 9.49. The zero-order valence-electron chi connectivity index (χ0n) is 11.1. The van der Waals surface area contributed by atoms with Crippen LogP contribution in [-0.4, -0.2) is 9.38 Å². The Balaban J connectivity index is 2.29. The fourth-order valence-electron chi connectivity index (χ4n) is 2.29. The number of fused-ring (bicyclic) bond motifs is 1. The molecule has 0 atom stereocenters. The molecule has 0 unspecified atom stereocenters. The third-order valence-electron chi connectivity index (χ3n) is 3.43. The second kappa shape index (κ2) is 4.90. The highest BCUT2D eigenvalue weighted by Crippen LogP contribution is 2.31. The van der Waals surface area contributed by atoms with E-state index in [0.717, 1.165) is 37.1 Å². The van der Waals surface area contributed by atoms with Crippen molar-refractivity contribution >= 4 is 43.3 Å². The lowest BCUT2D eigenvalue weighted by Gasteiger charge is -2.05. The second-order valence-electron chi connectivity index (χ2n) is 4.77. The Morgan fingerprint density at radius 3 is 2.45 bits per heavy atom. The molecule has 20 heavy (non-hydrogen) atoms. The minimum atomic E-state index is 0.667. The molecular weight excluding hydrogens is 382 g/mol. The topological polar surface area (TPSA) is 43.3 Å². The van der Waals surface area contributed by atoms with Crippen LogP contribution in [0, 0.1) is 13.8 Å². The van der Waals surface area contributed by atoms with Crippen LogP contribution in [0.3, 0.4) is 0 Å². The smallest absolute Gasteiger partial charge is 0.139 e. The van der Waals surface area contributed by atoms with Gasteiger partial charge in [0.15, 0.2) is 0 Å². The Bertz CT molecular complexity index is 822. The van der Waals surface area contributed by atoms with Gasteiger partial charge in [-0.05, 0) is 59.6 Å². The summed E-state index contributed by atoms with van der Waals surface area (Å²) in [5.74, 6) is 0.667. The SMILES string of the molecule is Cc1cc(-c2nc3ccc(Br)c(C)n3c2N)ccc1Br. The molecule has 3 rings (SSSR count). The molecule has 0 aliphatic carbocycles. The van der Waals surface area contributed by atoms with Gasteiger partial charge in [0.25, 0.3) is 0 Å². The first-order valence-electron chi connectivity index (χ1n) is 6.18. The van der Waals surface area contributed by atoms with E-state index in [0.29, 0.717) is 5.82 Å². The number of nitrogens with two attached hydrogens (primary N) is 1. The van der Waals surface area contributed by atoms with Gasteiger partial charge in [-0.25, -0.2) is 4.98 Å². The highest BCUT2D eigenvalue weighted by atomic mass is 79.9. The van der Waals surface area contributed by atoms with Crippen LogP contribution in [-0.2, 0) is 0 Å². The summed E-state index contributed by atoms with van der Waals surface area (Å²) in [4.78, 5) is 4.66. The molecule has 3 aromatic rings. The summed E-state index contributed by atoms with van der Waals surface area (Å²) in [5, 5.41) is 0. The molecule has 5 heteroatoms. The molecular formula is C15H13Br2N3. The number of hydrogen-bond acceptors (Lipinski definition) is 2. The minimum Gasteiger partial charge on any atom is -0.383 e. The number of anilines is 1. The van der Waals surface area contributed by atoms with E-state index >= 15 is 0 Å². The van der Waals surface area contributed by atoms with Crippen molar-refractivity contribution in [3.63, 3.8) is 0 Å². The van der Waals surface area contributed by atoms with E-state index < -0.39 is 0 Å². The summed E-state index contributed by atoms with van der Waals surface area (Å²) in [6, 6.07) is 10.1. The molecule has 2 aromatic heterocycles. The van der Waals surface area contributed by atoms with Gasteiger partial charge in [0, 0.05) is 20.2 Å². The molecule has 2 heterocycles. The normalized spacial score (nSPS) is 11.2. The molecule has 3 nitrogen and oxygen atoms in total. The predicted octanol–water partition coefficient (Wildman–Crippen LogP) is 4.73. The van der Waals surface area contributed by atoms with Crippen molar-refractivity contribution in [2.45, 2.75) is 13.8 Å². The Kier molecular flexibility index (Phi) is 3.34. The van der Waals surface area contributed by atoms with E-state index in [9.17, 15) is 0 Å². The highest BCUT2D eigenvalue weighted by Gasteiger charge is 2.14. The van der Waals surface area contributed by atoms with Crippen LogP contribution in [0.1, 0.15) is 11.3 Å². The molecule has 0 aliphatic rings. The zero-order valence-corrected chi connectivity index (χ0v) is 14.3. The summed E-state index contributed by atoms with van der Waals surface area (Å²) in [6.45, 7) is 4.08. The molecule has 0 spiro atoms. The molecule has 1 aromatic carbocycles. The third-order valence-corrected chi connectivity index (χ3v) is 5.16. The standard InChI is InChI=1S/C15H13Br2N3/c1-8-7-10(3-4-11(8)16)14-15(18)20-9(2)12(17)5-6-13(20)19-14/h3-7H,18H2,1-2H3. The van der Waals surface area contributed by atoms with Crippen LogP contribution < -0.4 is 5.73 Å². The maximum Gasteiger partial charge on any atom is 0.139 e. The average molecular weight is 395 g/mol. The minimum absolute atomic E-state index is 0.667. The van der Waals surface area contributed by atoms with Crippen LogP contribution in [0.15, 0.2) is 39.3 Å². The van der Waals surface area contributed by atoms with Crippen molar-refractivity contribution in [2.24, 2.45) is 0 Å². The van der Waals surface area contributed by atoms with Crippen LogP contribution in [0.25, 0.3) is 16.9 Å². The predicted molar refractivity (Wildman–Crippen MR) is 89.9 cm³/mol. The first kappa shape index (κ1) is 13.6. The summed E-state index contributed by atoms with van der Waals surface area (Å²) < 4.78 is 4.08. The monoisotopic (exact) mass is 393 g/mol. The maximum atomic E-state index is 6.30. The van der Waals surface area contributed by atoms with Gasteiger partial charge in [-0.15, -0.1) is 0 Å². The lowest BCUT2D eigenvalue weighted by molar-refractivity contribution is 1.09. The number of hydrogen-bond donors (Lipinski definition) is 1. The Morgan fingerprint density at radius 2 is 1.75 bits per heavy atom. The maximum absolute atomic E-state index is 6.30. The molecule has 102 valence electrons. The van der Waals surface area contributed by atoms with Gasteiger partial charge in [0.2, 0.25) is 0 Å². The largest absolute Gasteiger partial charge is 0.383 e. The van der Waals surface area contributed by atoms with Crippen molar-refractivity contribution < 1.29 is 0 Å². The Morgan fingerprint density at radius 1 is 1.05 bits per heavy atom. The lowest BCUT2D eigenvalue weighted by Crippen LogP contribution is -1.98. The van der Waals surface area contributed by atoms with Crippen molar-refractivity contribution in [2.75, 3.05) is 5.73 Å². The van der Waals surface area contributed by atoms with Gasteiger partial charge in [-0.1, -0.05) is 22.0 Å². The molecule has 0 amide bonds. The fraction of sp³-hybridized carbons (Fsp3) is 0.133. The van der Waals surface area contributed by atoms with E-state index in [1.54, 1.807) is 0 Å². The highest BCUT2D eigenvalue weighted by molar-refractivity contribution is 9.10. The number of aryl methyl sites for hydroxylation is 2. The number of benzene rings is 1. The summed E-state index contributed by atoms with van der Waals surface area (Å²) >= 11 is 7.04. The summed E-state index contributed by atoms with van der Waals surface area (Å²) in [7, 11) is 0. The number of pyridine rings is 1. The van der Waals surface area contributed by atoms with Crippen LogP contribution >= 0.6 is 31.9 Å². The third kappa shape index (κ3) is 2.05. The van der Waals surface area contributed by atoms with Crippen molar-refractivity contribution in [1.82, 2.24) is 9.38 Å². The molecule has 0 saturated carbocycles.